The number of anilines is 1. The van der Waals surface area contributed by atoms with Crippen molar-refractivity contribution in [3.63, 3.8) is 0 Å². The van der Waals surface area contributed by atoms with Gasteiger partial charge in [0.2, 0.25) is 5.16 Å². The van der Waals surface area contributed by atoms with Gasteiger partial charge in [-0.25, -0.2) is 0 Å². The number of pyridine rings is 3. The highest BCUT2D eigenvalue weighted by atomic mass is 35.5. The van der Waals surface area contributed by atoms with E-state index in [9.17, 15) is 4.79 Å². The third-order valence-electron chi connectivity index (χ3n) is 12.5. The third-order valence-corrected chi connectivity index (χ3v) is 14.5. The summed E-state index contributed by atoms with van der Waals surface area (Å²) in [4.78, 5) is 24.7. The van der Waals surface area contributed by atoms with Crippen molar-refractivity contribution in [2.24, 2.45) is 0 Å². The van der Waals surface area contributed by atoms with Crippen LogP contribution in [0.15, 0.2) is 133 Å². The molecule has 0 aliphatic heterocycles. The Morgan fingerprint density at radius 1 is 0.640 bits per heavy atom. The fourth-order valence-electron chi connectivity index (χ4n) is 7.40. The first-order valence-corrected chi connectivity index (χ1v) is 30.8. The maximum Gasteiger partial charge on any atom is 0.214 e. The van der Waals surface area contributed by atoms with Crippen LogP contribution in [0, 0.1) is 48.4 Å². The van der Waals surface area contributed by atoms with Gasteiger partial charge in [-0.3, -0.25) is 19.7 Å². The monoisotopic (exact) mass is 1280 g/mol. The minimum Gasteiger partial charge on any atom is -0.491 e. The number of rotatable bonds is 25. The Labute approximate surface area is 543 Å². The topological polar surface area (TPSA) is 201 Å². The van der Waals surface area contributed by atoms with Gasteiger partial charge in [0, 0.05) is 66.4 Å². The quantitative estimate of drug-likeness (QED) is 0.0237. The predicted octanol–water partition coefficient (Wildman–Crippen LogP) is 12.8. The zero-order valence-electron chi connectivity index (χ0n) is 51.6. The van der Waals surface area contributed by atoms with Crippen LogP contribution < -0.4 is 15.2 Å². The molecule has 0 radical (unpaired) electrons. The van der Waals surface area contributed by atoms with Crippen molar-refractivity contribution >= 4 is 58.0 Å². The molecule has 0 bridgehead atoms. The Hall–Kier alpha value is -7.49. The van der Waals surface area contributed by atoms with Crippen LogP contribution >= 0.6 is 46.6 Å². The highest BCUT2D eigenvalue weighted by molar-refractivity contribution is 7.99. The van der Waals surface area contributed by atoms with Gasteiger partial charge in [-0.1, -0.05) is 94.2 Å². The maximum atomic E-state index is 12.8. The van der Waals surface area contributed by atoms with Gasteiger partial charge in [-0.05, 0) is 193 Å². The van der Waals surface area contributed by atoms with Crippen LogP contribution in [-0.4, -0.2) is 120 Å². The van der Waals surface area contributed by atoms with Gasteiger partial charge in [0.15, 0.2) is 0 Å². The number of thioether (sulfide) groups is 1. The summed E-state index contributed by atoms with van der Waals surface area (Å²) in [5.41, 5.74) is 9.45. The molecule has 89 heavy (non-hydrogen) atoms. The molecule has 0 amide bonds. The molecule has 4 aromatic heterocycles. The number of carbonyl (C=O) groups is 1. The molecule has 16 nitrogen and oxygen atoms in total. The summed E-state index contributed by atoms with van der Waals surface area (Å²) >= 11 is 20.3. The highest BCUT2D eigenvalue weighted by Crippen LogP contribution is 2.41. The summed E-state index contributed by atoms with van der Waals surface area (Å²) < 4.78 is 34.8. The Balaban J connectivity index is 0.000000255. The molecule has 3 aromatic carbocycles. The molecule has 1 aliphatic rings. The Bertz CT molecular complexity index is 3530. The number of tetrazole rings is 1. The largest absolute Gasteiger partial charge is 0.491 e. The van der Waals surface area contributed by atoms with E-state index in [0.29, 0.717) is 77.2 Å². The fourth-order valence-corrected chi connectivity index (χ4v) is 8.84. The zero-order valence-corrected chi connectivity index (χ0v) is 54.7. The lowest BCUT2D eigenvalue weighted by Crippen LogP contribution is -2.25. The molecular weight excluding hydrogens is 1210 g/mol. The second kappa shape index (κ2) is 36.9. The number of carbonyl (C=O) groups excluding carboxylic acids is 1. The third kappa shape index (κ3) is 28.3. The number of benzene rings is 3. The SMILES string of the molecule is C#CC(C)(C)OCCO.C#CC(C)(C)OCCOc1ccncc1.CC(C)(C#Cc1ccc(CC(=O)CSc2nnnn2-c2ccc(C3CC3)cc2Cl)c(Cl)c1)OCCCc1ccncc1.CC(C)(C#Cc1ccc(N)c(Cl)c1)OCCOc1ccncc1. The molecule has 1 aliphatic carbocycles. The van der Waals surface area contributed by atoms with E-state index in [1.165, 1.54) is 35.7 Å². The molecule has 1 fully saturated rings. The summed E-state index contributed by atoms with van der Waals surface area (Å²) in [6.07, 6.45) is 25.1. The van der Waals surface area contributed by atoms with Crippen molar-refractivity contribution < 1.29 is 38.3 Å². The Morgan fingerprint density at radius 2 is 1.16 bits per heavy atom. The summed E-state index contributed by atoms with van der Waals surface area (Å²) in [5, 5.41) is 22.4. The van der Waals surface area contributed by atoms with Crippen molar-refractivity contribution in [1.82, 2.24) is 35.2 Å². The van der Waals surface area contributed by atoms with Crippen molar-refractivity contribution in [2.75, 3.05) is 57.7 Å². The number of nitrogen functional groups attached to an aromatic ring is 1. The average molecular weight is 1280 g/mol. The molecule has 1 saturated carbocycles. The number of hydrogen-bond acceptors (Lipinski definition) is 16. The van der Waals surface area contributed by atoms with E-state index in [-0.39, 0.29) is 24.6 Å². The number of ketones is 1. The smallest absolute Gasteiger partial charge is 0.214 e. The van der Waals surface area contributed by atoms with Gasteiger partial charge < -0.3 is 39.3 Å². The van der Waals surface area contributed by atoms with Crippen LogP contribution in [0.1, 0.15) is 108 Å². The van der Waals surface area contributed by atoms with Crippen LogP contribution in [0.2, 0.25) is 15.1 Å². The average Bonchev–Trinajstić information content (AvgIpc) is 1.88. The van der Waals surface area contributed by atoms with Gasteiger partial charge in [0.25, 0.3) is 0 Å². The molecule has 468 valence electrons. The number of nitrogens with two attached hydrogens (primary N) is 1. The first-order valence-electron chi connectivity index (χ1n) is 28.7. The van der Waals surface area contributed by atoms with E-state index < -0.39 is 22.4 Å². The molecule has 20 heteroatoms. The van der Waals surface area contributed by atoms with Crippen molar-refractivity contribution in [1.29, 1.82) is 0 Å². The molecule has 3 N–H and O–H groups in total. The van der Waals surface area contributed by atoms with Crippen molar-refractivity contribution in [3.05, 3.63) is 171 Å². The predicted molar refractivity (Wildman–Crippen MR) is 354 cm³/mol. The lowest BCUT2D eigenvalue weighted by Gasteiger charge is -2.19. The van der Waals surface area contributed by atoms with E-state index in [2.05, 4.69) is 72.1 Å². The van der Waals surface area contributed by atoms with E-state index in [4.69, 9.17) is 86.9 Å². The molecule has 7 aromatic rings. The lowest BCUT2D eigenvalue weighted by atomic mass is 10.1. The second-order valence-electron chi connectivity index (χ2n) is 21.9. The number of aliphatic hydroxyl groups is 1. The van der Waals surface area contributed by atoms with E-state index in [0.717, 1.165) is 41.0 Å². The number of Topliss-reactive ketones (excluding diaryl/α,β-unsaturated/α-hetero) is 1. The maximum absolute atomic E-state index is 12.8. The van der Waals surface area contributed by atoms with Crippen LogP contribution in [0.5, 0.6) is 11.5 Å². The van der Waals surface area contributed by atoms with E-state index in [1.54, 1.807) is 98.2 Å². The molecule has 0 unspecified atom stereocenters. The number of terminal acetylenes is 2. The van der Waals surface area contributed by atoms with Crippen molar-refractivity contribution in [2.45, 2.75) is 121 Å². The van der Waals surface area contributed by atoms with Gasteiger partial charge in [-0.15, -0.1) is 17.9 Å². The number of nitrogens with zero attached hydrogens (tertiary/aromatic N) is 7. The summed E-state index contributed by atoms with van der Waals surface area (Å²) in [6, 6.07) is 28.0. The number of aromatic nitrogens is 7. The van der Waals surface area contributed by atoms with Gasteiger partial charge >= 0.3 is 0 Å². The standard InChI is InChI=1S/C32H31Cl2N5O2S.C18H19ClN2O2.C12H15NO2.C7H12O2/c1-32(2,41-17-3-4-22-12-15-35-16-13-22)14-11-23-5-6-26(28(33)18-23)19-27(40)21-42-31-36-37-38-39(31)30-10-9-25(20-29(30)34)24-7-8-24;1-18(2,8-5-14-3-4-17(20)16(19)13-14)23-12-11-22-15-6-9-21-10-7-15;1-4-12(2,3)15-10-9-14-11-5-7-13-8-6-11;1-4-7(2,3)9-6-5-8/h5-6,9-10,12-13,15-16,18,20,24H,3-4,7-8,17,19,21H2,1-2H3;3-4,6-7,9-10,13H,11-12,20H2,1-2H3;1,5-8H,9-10H2,2-3H3;1,8H,5-6H2,2-3H3. The molecular formula is C69H77Cl3N8O8S. The van der Waals surface area contributed by atoms with Crippen LogP contribution in [0.4, 0.5) is 5.69 Å². The molecule has 0 spiro atoms. The van der Waals surface area contributed by atoms with Crippen molar-refractivity contribution in [3.8, 4) is 65.6 Å². The number of ether oxygens (including phenoxy) is 6. The number of halogens is 3. The molecule has 8 rings (SSSR count). The van der Waals surface area contributed by atoms with Crippen LogP contribution in [0.25, 0.3) is 5.69 Å². The Kier molecular flexibility index (Phi) is 29.9. The van der Waals surface area contributed by atoms with Gasteiger partial charge in [0.1, 0.15) is 52.9 Å². The zero-order chi connectivity index (χ0) is 64.7. The first-order chi connectivity index (χ1) is 42.5. The van der Waals surface area contributed by atoms with Crippen LogP contribution in [-0.2, 0) is 36.6 Å². The molecule has 0 atom stereocenters. The number of hydrogen-bond donors (Lipinski definition) is 2. The lowest BCUT2D eigenvalue weighted by molar-refractivity contribution is -0.116. The first kappa shape index (κ1) is 72.3. The second-order valence-corrected chi connectivity index (χ2v) is 24.0. The highest BCUT2D eigenvalue weighted by Gasteiger charge is 2.25. The summed E-state index contributed by atoms with van der Waals surface area (Å²) in [6.45, 7) is 17.7. The minimum absolute atomic E-state index is 0.00626. The fraction of sp³-hybridized carbons (Fsp3) is 0.377. The molecule has 0 saturated heterocycles. The summed E-state index contributed by atoms with van der Waals surface area (Å²) in [7, 11) is 0. The number of aryl methyl sites for hydroxylation is 1. The van der Waals surface area contributed by atoms with E-state index >= 15 is 0 Å². The minimum atomic E-state index is -0.602. The number of aliphatic hydroxyl groups excluding tert-OH is 1. The summed E-state index contributed by atoms with van der Waals surface area (Å²) in [5.74, 6) is 19.8. The molecule has 4 heterocycles. The normalized spacial score (nSPS) is 11.8. The Morgan fingerprint density at radius 3 is 1.67 bits per heavy atom. The van der Waals surface area contributed by atoms with Gasteiger partial charge in [0.05, 0.1) is 53.6 Å². The van der Waals surface area contributed by atoms with Gasteiger partial charge in [-0.2, -0.15) is 4.68 Å². The van der Waals surface area contributed by atoms with E-state index in [1.807, 2.05) is 84.0 Å². The van der Waals surface area contributed by atoms with Crippen LogP contribution in [0.3, 0.4) is 0 Å².